The van der Waals surface area contributed by atoms with Crippen LogP contribution in [0, 0.1) is 6.92 Å². The van der Waals surface area contributed by atoms with Crippen molar-refractivity contribution in [2.24, 2.45) is 0 Å². The normalized spacial score (nSPS) is 10.5. The van der Waals surface area contributed by atoms with Gasteiger partial charge < -0.3 is 13.7 Å². The molecule has 0 aromatic carbocycles. The van der Waals surface area contributed by atoms with Gasteiger partial charge in [0, 0.05) is 53.8 Å². The molecule has 0 radical (unpaired) electrons. The maximum atomic E-state index is 4.10. The molecule has 0 amide bonds. The van der Waals surface area contributed by atoms with Crippen LogP contribution in [0.1, 0.15) is 200 Å². The van der Waals surface area contributed by atoms with E-state index in [1.165, 1.54) is 0 Å². The average molecular weight is 912 g/mol. The fourth-order valence-electron chi connectivity index (χ4n) is 4.06. The Labute approximate surface area is 399 Å². The van der Waals surface area contributed by atoms with Gasteiger partial charge in [-0.25, -0.2) is 19.3 Å². The molecule has 0 aliphatic carbocycles. The molecular weight excluding hydrogens is 811 g/mol. The van der Waals surface area contributed by atoms with Gasteiger partial charge in [-0.1, -0.05) is 69.2 Å². The summed E-state index contributed by atoms with van der Waals surface area (Å²) in [5, 5.41) is 26.7. The Bertz CT molecular complexity index is 1520. The molecule has 376 valence electrons. The van der Waals surface area contributed by atoms with Crippen LogP contribution in [0.25, 0.3) is 0 Å². The molecule has 6 rings (SSSR count). The van der Waals surface area contributed by atoms with Gasteiger partial charge in [0.15, 0.2) is 0 Å². The topological polar surface area (TPSA) is 146 Å². The summed E-state index contributed by atoms with van der Waals surface area (Å²) >= 11 is 0. The summed E-state index contributed by atoms with van der Waals surface area (Å²) in [6, 6.07) is 6.03. The van der Waals surface area contributed by atoms with E-state index in [0.29, 0.717) is 0 Å². The first-order valence-corrected chi connectivity index (χ1v) is 23.6. The lowest BCUT2D eigenvalue weighted by Gasteiger charge is -2.20. The standard InChI is InChI=1S/C8H13N.2C7H12N2.C6H12N4.2C6H11N3.5C2H6/c1-8(2,3)9-6-4-5-7-9;1-7(2,3)9-5-4-8-6-9;1-7(2,3)9-6-4-5-8-9;1-5-7-8-9-10(5)6(2,3)4;1-6(2,3)9-4-7-8-5-9;1-6(2,3)9-5-7-4-8-9;5*1-2/h4-7H,1-3H3;2*4-6H,1-3H3;1-4H3;2*4-5H,1-3H3;5*1-2H3. The first kappa shape index (κ1) is 69.1. The molecule has 15 heteroatoms. The van der Waals surface area contributed by atoms with E-state index in [0.717, 1.165) is 5.82 Å². The zero-order valence-electron chi connectivity index (χ0n) is 47.3. The number of rotatable bonds is 0. The monoisotopic (exact) mass is 912 g/mol. The van der Waals surface area contributed by atoms with Crippen LogP contribution in [-0.2, 0) is 33.2 Å². The molecule has 15 nitrogen and oxygen atoms in total. The van der Waals surface area contributed by atoms with Gasteiger partial charge in [-0.2, -0.15) is 10.2 Å². The van der Waals surface area contributed by atoms with Crippen molar-refractivity contribution in [2.75, 3.05) is 0 Å². The first-order chi connectivity index (χ1) is 30.0. The molecule has 0 unspecified atom stereocenters. The van der Waals surface area contributed by atoms with E-state index in [2.05, 4.69) is 192 Å². The molecule has 0 N–H and O–H groups in total. The van der Waals surface area contributed by atoms with Crippen LogP contribution < -0.4 is 0 Å². The Morgan fingerprint density at radius 1 is 0.385 bits per heavy atom. The van der Waals surface area contributed by atoms with Crippen LogP contribution in [0.5, 0.6) is 0 Å². The maximum Gasteiger partial charge on any atom is 0.148 e. The fraction of sp³-hybridized carbons (Fsp3) is 0.700. The van der Waals surface area contributed by atoms with Crippen molar-refractivity contribution in [3.8, 4) is 0 Å². The maximum absolute atomic E-state index is 4.10. The number of aryl methyl sites for hydroxylation is 1. The quantitative estimate of drug-likeness (QED) is 0.145. The lowest BCUT2D eigenvalue weighted by atomic mass is 10.1. The third-order valence-electron chi connectivity index (χ3n) is 7.41. The molecule has 0 saturated carbocycles. The summed E-state index contributed by atoms with van der Waals surface area (Å²) in [5.74, 6) is 0.854. The summed E-state index contributed by atoms with van der Waals surface area (Å²) in [6.07, 6.45) is 20.3. The van der Waals surface area contributed by atoms with Crippen LogP contribution in [0.3, 0.4) is 0 Å². The summed E-state index contributed by atoms with van der Waals surface area (Å²) in [6.45, 7) is 60.0. The zero-order chi connectivity index (χ0) is 52.3. The van der Waals surface area contributed by atoms with Gasteiger partial charge in [0.25, 0.3) is 0 Å². The van der Waals surface area contributed by atoms with Crippen molar-refractivity contribution < 1.29 is 0 Å². The highest BCUT2D eigenvalue weighted by atomic mass is 15.6. The highest BCUT2D eigenvalue weighted by Gasteiger charge is 2.17. The molecule has 0 atom stereocenters. The van der Waals surface area contributed by atoms with Gasteiger partial charge in [0.2, 0.25) is 0 Å². The van der Waals surface area contributed by atoms with E-state index in [1.807, 2.05) is 127 Å². The molecule has 0 aliphatic heterocycles. The van der Waals surface area contributed by atoms with Gasteiger partial charge in [-0.15, -0.1) is 15.3 Å². The van der Waals surface area contributed by atoms with Gasteiger partial charge in [-0.3, -0.25) is 4.68 Å². The van der Waals surface area contributed by atoms with E-state index in [4.69, 9.17) is 0 Å². The minimum atomic E-state index is -0.00637. The van der Waals surface area contributed by atoms with E-state index >= 15 is 0 Å². The predicted octanol–water partition coefficient (Wildman–Crippen LogP) is 13.5. The van der Waals surface area contributed by atoms with E-state index in [-0.39, 0.29) is 33.2 Å². The third kappa shape index (κ3) is 33.2. The van der Waals surface area contributed by atoms with Crippen LogP contribution in [0.2, 0.25) is 0 Å². The molecule has 6 aromatic heterocycles. The lowest BCUT2D eigenvalue weighted by Crippen LogP contribution is -2.24. The predicted molar refractivity (Wildman–Crippen MR) is 278 cm³/mol. The highest BCUT2D eigenvalue weighted by molar-refractivity contribution is 4.94. The van der Waals surface area contributed by atoms with E-state index in [1.54, 1.807) is 42.4 Å². The fourth-order valence-corrected chi connectivity index (χ4v) is 4.06. The second-order valence-electron chi connectivity index (χ2n) is 18.9. The Morgan fingerprint density at radius 3 is 1.02 bits per heavy atom. The number of nitrogens with zero attached hydrogens (tertiary/aromatic N) is 15. The summed E-state index contributed by atoms with van der Waals surface area (Å²) in [5.41, 5.74) is 0.719. The number of hydrogen-bond donors (Lipinski definition) is 0. The summed E-state index contributed by atoms with van der Waals surface area (Å²) in [4.78, 5) is 7.79. The highest BCUT2D eigenvalue weighted by Crippen LogP contribution is 2.14. The van der Waals surface area contributed by atoms with Crippen molar-refractivity contribution in [1.29, 1.82) is 0 Å². The molecule has 6 aromatic rings. The summed E-state index contributed by atoms with van der Waals surface area (Å²) in [7, 11) is 0. The van der Waals surface area contributed by atoms with Crippen molar-refractivity contribution in [3.63, 3.8) is 0 Å². The molecule has 0 saturated heterocycles. The van der Waals surface area contributed by atoms with Crippen LogP contribution in [0.15, 0.2) is 87.0 Å². The minimum absolute atomic E-state index is 0.00637. The molecule has 0 aliphatic rings. The molecule has 0 fully saturated rings. The second kappa shape index (κ2) is 35.3. The largest absolute Gasteiger partial charge is 0.349 e. The zero-order valence-corrected chi connectivity index (χ0v) is 47.3. The third-order valence-corrected chi connectivity index (χ3v) is 7.41. The van der Waals surface area contributed by atoms with Gasteiger partial charge >= 0.3 is 0 Å². The lowest BCUT2D eigenvalue weighted by molar-refractivity contribution is 0.339. The SMILES string of the molecule is CC.CC.CC.CC.CC.CC(C)(C)n1cccc1.CC(C)(C)n1cccn1.CC(C)(C)n1ccnc1.CC(C)(C)n1cncn1.CC(C)(C)n1cnnc1.Cc1nnnn1C(C)(C)C. The second-order valence-corrected chi connectivity index (χ2v) is 18.9. The minimum Gasteiger partial charge on any atom is -0.349 e. The van der Waals surface area contributed by atoms with Gasteiger partial charge in [-0.05, 0) is 160 Å². The smallest absolute Gasteiger partial charge is 0.148 e. The summed E-state index contributed by atoms with van der Waals surface area (Å²) < 4.78 is 11.8. The molecule has 6 heterocycles. The Morgan fingerprint density at radius 2 is 0.831 bits per heavy atom. The van der Waals surface area contributed by atoms with Crippen LogP contribution in [-0.4, -0.2) is 73.6 Å². The Kier molecular flexibility index (Phi) is 37.6. The number of tetrazole rings is 1. The van der Waals surface area contributed by atoms with E-state index in [9.17, 15) is 0 Å². The molecule has 0 bridgehead atoms. The van der Waals surface area contributed by atoms with Crippen molar-refractivity contribution in [2.45, 2.75) is 234 Å². The number of aromatic nitrogens is 15. The van der Waals surface area contributed by atoms with E-state index < -0.39 is 0 Å². The molecular formula is C50H101N15. The Balaban J connectivity index is -0.000000213. The van der Waals surface area contributed by atoms with Gasteiger partial charge in [0.05, 0.1) is 22.9 Å². The first-order valence-electron chi connectivity index (χ1n) is 23.6. The van der Waals surface area contributed by atoms with Crippen molar-refractivity contribution in [1.82, 2.24) is 73.6 Å². The van der Waals surface area contributed by atoms with Crippen LogP contribution >= 0.6 is 0 Å². The molecule has 0 spiro atoms. The van der Waals surface area contributed by atoms with Crippen LogP contribution in [0.4, 0.5) is 0 Å². The number of hydrogen-bond acceptors (Lipinski definition) is 9. The Hall–Kier alpha value is -4.95. The van der Waals surface area contributed by atoms with Crippen molar-refractivity contribution in [3.05, 3.63) is 92.8 Å². The number of imidazole rings is 1. The van der Waals surface area contributed by atoms with Crippen molar-refractivity contribution >= 4 is 0 Å². The molecule has 65 heavy (non-hydrogen) atoms. The average Bonchev–Trinajstić information content (AvgIpc) is 4.10. The van der Waals surface area contributed by atoms with Gasteiger partial charge in [0.1, 0.15) is 31.1 Å².